The fourth-order valence-electron chi connectivity index (χ4n) is 3.46. The molecule has 1 aliphatic rings. The van der Waals surface area contributed by atoms with Crippen LogP contribution < -0.4 is 5.56 Å². The summed E-state index contributed by atoms with van der Waals surface area (Å²) >= 11 is 2.86. The molecule has 7 heteroatoms. The highest BCUT2D eigenvalue weighted by Gasteiger charge is 2.25. The number of thiophene rings is 1. The normalized spacial score (nSPS) is 16.3. The van der Waals surface area contributed by atoms with Crippen LogP contribution in [0.4, 0.5) is 0 Å². The molecule has 0 unspecified atom stereocenters. The molecule has 1 aliphatic carbocycles. The number of thioether (sulfide) groups is 1. The lowest BCUT2D eigenvalue weighted by Crippen LogP contribution is -2.23. The van der Waals surface area contributed by atoms with Gasteiger partial charge in [-0.25, -0.2) is 4.98 Å². The van der Waals surface area contributed by atoms with Gasteiger partial charge in [-0.3, -0.25) is 14.2 Å². The van der Waals surface area contributed by atoms with Crippen molar-refractivity contribution in [2.45, 2.75) is 31.3 Å². The van der Waals surface area contributed by atoms with E-state index in [-0.39, 0.29) is 17.3 Å². The topological polar surface area (TPSA) is 61.2 Å². The number of fused-ring (bicyclic) bond motifs is 3. The van der Waals surface area contributed by atoms with Crippen molar-refractivity contribution in [1.82, 2.24) is 9.55 Å². The predicted molar refractivity (Wildman–Crippen MR) is 109 cm³/mol. The van der Waals surface area contributed by atoms with Gasteiger partial charge in [-0.05, 0) is 42.9 Å². The van der Waals surface area contributed by atoms with Gasteiger partial charge in [0.1, 0.15) is 4.83 Å². The van der Waals surface area contributed by atoms with E-state index in [1.165, 1.54) is 29.3 Å². The number of ether oxygens (including phenoxy) is 1. The van der Waals surface area contributed by atoms with E-state index in [0.717, 1.165) is 35.2 Å². The Kier molecular flexibility index (Phi) is 5.06. The predicted octanol–water partition coefficient (Wildman–Crippen LogP) is 3.84. The second-order valence-corrected chi connectivity index (χ2v) is 8.79. The van der Waals surface area contributed by atoms with Gasteiger partial charge in [0.05, 0.1) is 23.9 Å². The Bertz CT molecular complexity index is 1060. The van der Waals surface area contributed by atoms with E-state index < -0.39 is 0 Å². The van der Waals surface area contributed by atoms with Crippen LogP contribution in [0.25, 0.3) is 15.9 Å². The van der Waals surface area contributed by atoms with Gasteiger partial charge in [-0.1, -0.05) is 36.9 Å². The monoisotopic (exact) mass is 400 g/mol. The van der Waals surface area contributed by atoms with E-state index in [1.54, 1.807) is 15.9 Å². The number of nitrogens with zero attached hydrogens (tertiary/aromatic N) is 2. The molecular weight excluding hydrogens is 380 g/mol. The molecule has 0 aliphatic heterocycles. The maximum absolute atomic E-state index is 13.5. The zero-order chi connectivity index (χ0) is 19.0. The first-order chi connectivity index (χ1) is 13.1. The maximum atomic E-state index is 13.5. The zero-order valence-electron chi connectivity index (χ0n) is 15.2. The van der Waals surface area contributed by atoms with E-state index in [2.05, 4.69) is 6.92 Å². The summed E-state index contributed by atoms with van der Waals surface area (Å²) in [6, 6.07) is 9.47. The molecule has 0 saturated carbocycles. The number of hydrogen-bond donors (Lipinski definition) is 0. The molecule has 27 heavy (non-hydrogen) atoms. The summed E-state index contributed by atoms with van der Waals surface area (Å²) in [5, 5.41) is 1.27. The molecule has 1 aromatic carbocycles. The van der Waals surface area contributed by atoms with Crippen molar-refractivity contribution in [3.63, 3.8) is 0 Å². The number of methoxy groups -OCH3 is 1. The Morgan fingerprint density at radius 1 is 1.37 bits per heavy atom. The summed E-state index contributed by atoms with van der Waals surface area (Å²) in [4.78, 5) is 31.9. The van der Waals surface area contributed by atoms with E-state index in [1.807, 2.05) is 30.3 Å². The standard InChI is InChI=1S/C20H20N2O3S2/c1-12-8-9-14-15(10-12)27-18-17(14)19(24)22(13-6-4-3-5-7-13)20(21-18)26-11-16(23)25-2/h3-7,12H,8-11H2,1-2H3/t12-/m1/s1. The minimum atomic E-state index is -0.340. The minimum Gasteiger partial charge on any atom is -0.468 e. The molecule has 0 N–H and O–H groups in total. The van der Waals surface area contributed by atoms with Crippen LogP contribution in [0.15, 0.2) is 40.3 Å². The van der Waals surface area contributed by atoms with Crippen molar-refractivity contribution in [3.05, 3.63) is 51.1 Å². The van der Waals surface area contributed by atoms with Crippen LogP contribution in [0.3, 0.4) is 0 Å². The second-order valence-electron chi connectivity index (χ2n) is 6.77. The van der Waals surface area contributed by atoms with Crippen LogP contribution in [0.5, 0.6) is 0 Å². The number of carbonyl (C=O) groups excluding carboxylic acids is 1. The molecule has 4 rings (SSSR count). The molecule has 0 bridgehead atoms. The fourth-order valence-corrected chi connectivity index (χ4v) is 5.72. The Labute approximate surface area is 165 Å². The van der Waals surface area contributed by atoms with E-state index in [9.17, 15) is 9.59 Å². The van der Waals surface area contributed by atoms with Crippen molar-refractivity contribution >= 4 is 39.3 Å². The lowest BCUT2D eigenvalue weighted by Gasteiger charge is -2.17. The molecule has 0 fully saturated rings. The molecule has 140 valence electrons. The Balaban J connectivity index is 1.92. The summed E-state index contributed by atoms with van der Waals surface area (Å²) in [5.74, 6) is 0.409. The van der Waals surface area contributed by atoms with Gasteiger partial charge >= 0.3 is 5.97 Å². The van der Waals surface area contributed by atoms with E-state index >= 15 is 0 Å². The van der Waals surface area contributed by atoms with Gasteiger partial charge < -0.3 is 4.74 Å². The highest BCUT2D eigenvalue weighted by Crippen LogP contribution is 2.36. The van der Waals surface area contributed by atoms with Crippen LogP contribution in [0.1, 0.15) is 23.8 Å². The fraction of sp³-hybridized carbons (Fsp3) is 0.350. The van der Waals surface area contributed by atoms with Crippen molar-refractivity contribution in [1.29, 1.82) is 0 Å². The average molecular weight is 401 g/mol. The van der Waals surface area contributed by atoms with Crippen LogP contribution in [-0.4, -0.2) is 28.4 Å². The summed E-state index contributed by atoms with van der Waals surface area (Å²) in [7, 11) is 1.36. The molecule has 5 nitrogen and oxygen atoms in total. The Morgan fingerprint density at radius 3 is 2.89 bits per heavy atom. The first kappa shape index (κ1) is 18.3. The number of rotatable bonds is 4. The molecule has 0 saturated heterocycles. The van der Waals surface area contributed by atoms with E-state index in [0.29, 0.717) is 11.1 Å². The zero-order valence-corrected chi connectivity index (χ0v) is 16.9. The number of esters is 1. The number of para-hydroxylation sites is 1. The van der Waals surface area contributed by atoms with Gasteiger partial charge in [0.15, 0.2) is 5.16 Å². The number of hydrogen-bond acceptors (Lipinski definition) is 6. The first-order valence-electron chi connectivity index (χ1n) is 8.90. The number of benzene rings is 1. The second kappa shape index (κ2) is 7.48. The summed E-state index contributed by atoms with van der Waals surface area (Å²) in [5.41, 5.74) is 1.87. The molecular formula is C20H20N2O3S2. The summed E-state index contributed by atoms with van der Waals surface area (Å²) in [6.07, 6.45) is 3.03. The summed E-state index contributed by atoms with van der Waals surface area (Å²) in [6.45, 7) is 2.25. The van der Waals surface area contributed by atoms with Gasteiger partial charge in [0, 0.05) is 4.88 Å². The average Bonchev–Trinajstić information content (AvgIpc) is 3.04. The van der Waals surface area contributed by atoms with Crippen molar-refractivity contribution in [2.24, 2.45) is 5.92 Å². The third-order valence-electron chi connectivity index (χ3n) is 4.86. The van der Waals surface area contributed by atoms with Crippen molar-refractivity contribution in [2.75, 3.05) is 12.9 Å². The highest BCUT2D eigenvalue weighted by molar-refractivity contribution is 7.99. The summed E-state index contributed by atoms with van der Waals surface area (Å²) < 4.78 is 6.37. The number of carbonyl (C=O) groups is 1. The Morgan fingerprint density at radius 2 is 2.15 bits per heavy atom. The van der Waals surface area contributed by atoms with Crippen LogP contribution in [0.2, 0.25) is 0 Å². The quantitative estimate of drug-likeness (QED) is 0.378. The lowest BCUT2D eigenvalue weighted by molar-refractivity contribution is -0.137. The third kappa shape index (κ3) is 3.41. The van der Waals surface area contributed by atoms with Crippen molar-refractivity contribution < 1.29 is 9.53 Å². The largest absolute Gasteiger partial charge is 0.468 e. The van der Waals surface area contributed by atoms with Crippen LogP contribution in [0, 0.1) is 5.92 Å². The minimum absolute atomic E-state index is 0.0504. The maximum Gasteiger partial charge on any atom is 0.316 e. The first-order valence-corrected chi connectivity index (χ1v) is 10.7. The molecule has 3 aromatic rings. The van der Waals surface area contributed by atoms with Gasteiger partial charge in [0.2, 0.25) is 0 Å². The lowest BCUT2D eigenvalue weighted by atomic mass is 9.89. The van der Waals surface area contributed by atoms with Gasteiger partial charge in [-0.15, -0.1) is 11.3 Å². The highest BCUT2D eigenvalue weighted by atomic mass is 32.2. The van der Waals surface area contributed by atoms with Crippen molar-refractivity contribution in [3.8, 4) is 5.69 Å². The Hall–Kier alpha value is -2.12. The van der Waals surface area contributed by atoms with Crippen LogP contribution >= 0.6 is 23.1 Å². The molecule has 2 heterocycles. The van der Waals surface area contributed by atoms with Gasteiger partial charge in [-0.2, -0.15) is 0 Å². The molecule has 0 radical (unpaired) electrons. The third-order valence-corrected chi connectivity index (χ3v) is 6.92. The molecule has 2 aromatic heterocycles. The van der Waals surface area contributed by atoms with E-state index in [4.69, 9.17) is 9.72 Å². The van der Waals surface area contributed by atoms with Crippen LogP contribution in [-0.2, 0) is 22.4 Å². The molecule has 0 spiro atoms. The molecule has 1 atom stereocenters. The molecule has 0 amide bonds. The SMILES string of the molecule is COC(=O)CSc1nc2sc3c(c2c(=O)n1-c1ccccc1)CC[C@@H](C)C3. The number of aromatic nitrogens is 2. The number of aryl methyl sites for hydroxylation is 1. The van der Waals surface area contributed by atoms with Gasteiger partial charge in [0.25, 0.3) is 5.56 Å². The smallest absolute Gasteiger partial charge is 0.316 e.